The molecule has 39 heavy (non-hydrogen) atoms. The average Bonchev–Trinajstić information content (AvgIpc) is 2.90. The van der Waals surface area contributed by atoms with Crippen LogP contribution in [0.4, 0.5) is 11.5 Å². The Morgan fingerprint density at radius 1 is 1.15 bits per heavy atom. The van der Waals surface area contributed by atoms with E-state index in [1.165, 1.54) is 6.08 Å². The highest BCUT2D eigenvalue weighted by Gasteiger charge is 2.40. The summed E-state index contributed by atoms with van der Waals surface area (Å²) < 4.78 is 17.6. The van der Waals surface area contributed by atoms with Crippen molar-refractivity contribution in [3.05, 3.63) is 71.8 Å². The monoisotopic (exact) mass is 564 g/mol. The maximum atomic E-state index is 11.9. The van der Waals surface area contributed by atoms with E-state index in [0.717, 1.165) is 32.7 Å². The second-order valence-electron chi connectivity index (χ2n) is 10.7. The van der Waals surface area contributed by atoms with E-state index in [1.807, 2.05) is 23.1 Å². The molecule has 10 heteroatoms. The van der Waals surface area contributed by atoms with E-state index >= 15 is 0 Å². The molecule has 8 nitrogen and oxygen atoms in total. The molecule has 0 bridgehead atoms. The van der Waals surface area contributed by atoms with E-state index in [2.05, 4.69) is 62.0 Å². The number of esters is 1. The van der Waals surface area contributed by atoms with Crippen LogP contribution in [0.2, 0.25) is 18.1 Å². The highest BCUT2D eigenvalue weighted by atomic mass is 32.2. The molecule has 1 unspecified atom stereocenters. The second kappa shape index (κ2) is 12.0. The van der Waals surface area contributed by atoms with Gasteiger partial charge in [0.05, 0.1) is 23.7 Å². The van der Waals surface area contributed by atoms with Gasteiger partial charge in [-0.25, -0.2) is 14.8 Å². The molecule has 0 fully saturated rings. The number of anilines is 2. The fraction of sp³-hybridized carbons (Fsp3) is 0.379. The van der Waals surface area contributed by atoms with Gasteiger partial charge in [-0.3, -0.25) is 9.88 Å². The van der Waals surface area contributed by atoms with Gasteiger partial charge in [-0.15, -0.1) is 0 Å². The van der Waals surface area contributed by atoms with Crippen LogP contribution in [0, 0.1) is 0 Å². The summed E-state index contributed by atoms with van der Waals surface area (Å²) in [6.07, 6.45) is 6.05. The van der Waals surface area contributed by atoms with Crippen molar-refractivity contribution in [3.63, 3.8) is 0 Å². The lowest BCUT2D eigenvalue weighted by Crippen LogP contribution is -2.42. The number of benzene rings is 1. The molecule has 1 atom stereocenters. The number of ether oxygens (including phenoxy) is 2. The molecule has 206 valence electrons. The molecule has 1 aliphatic rings. The highest BCUT2D eigenvalue weighted by molar-refractivity contribution is 7.99. The summed E-state index contributed by atoms with van der Waals surface area (Å²) in [5.41, 5.74) is 3.39. The topological polar surface area (TPSA) is 86.7 Å². The quantitative estimate of drug-likeness (QED) is 0.159. The molecular formula is C29H36N4O4SSi. The summed E-state index contributed by atoms with van der Waals surface area (Å²) in [6, 6.07) is 12.1. The van der Waals surface area contributed by atoms with E-state index < -0.39 is 20.4 Å². The average molecular weight is 565 g/mol. The van der Waals surface area contributed by atoms with E-state index in [1.54, 1.807) is 44.3 Å². The van der Waals surface area contributed by atoms with Crippen LogP contribution in [-0.4, -0.2) is 49.7 Å². The molecule has 0 N–H and O–H groups in total. The lowest BCUT2D eigenvalue weighted by Gasteiger charge is -2.39. The summed E-state index contributed by atoms with van der Waals surface area (Å²) in [4.78, 5) is 29.0. The van der Waals surface area contributed by atoms with Crippen molar-refractivity contribution < 1.29 is 18.7 Å². The Bertz CT molecular complexity index is 1360. The molecular weight excluding hydrogens is 528 g/mol. The summed E-state index contributed by atoms with van der Waals surface area (Å²) >= 11 is 1.59. The largest absolute Gasteiger partial charge is 0.463 e. The van der Waals surface area contributed by atoms with Gasteiger partial charge in [0.15, 0.2) is 14.1 Å². The van der Waals surface area contributed by atoms with Crippen LogP contribution in [-0.2, 0) is 18.7 Å². The van der Waals surface area contributed by atoms with Crippen LogP contribution < -0.4 is 4.90 Å². The number of carbonyl (C=O) groups excluding carboxylic acids is 1. The molecule has 0 radical (unpaired) electrons. The number of fused-ring (bicyclic) bond motifs is 2. The molecule has 0 spiro atoms. The molecule has 4 rings (SSSR count). The number of aromatic nitrogens is 3. The van der Waals surface area contributed by atoms with Crippen LogP contribution in [0.15, 0.2) is 64.8 Å². The normalized spacial score (nSPS) is 14.2. The zero-order chi connectivity index (χ0) is 28.2. The smallest absolute Gasteiger partial charge is 0.330 e. The van der Waals surface area contributed by atoms with Gasteiger partial charge in [0.25, 0.3) is 0 Å². The van der Waals surface area contributed by atoms with Gasteiger partial charge < -0.3 is 13.9 Å². The first-order valence-electron chi connectivity index (χ1n) is 12.9. The van der Waals surface area contributed by atoms with Crippen LogP contribution in [0.3, 0.4) is 0 Å². The molecule has 0 amide bonds. The molecule has 3 aromatic rings. The summed E-state index contributed by atoms with van der Waals surface area (Å²) in [5.74, 6) is 0.368. The first-order valence-corrected chi connectivity index (χ1v) is 16.7. The van der Waals surface area contributed by atoms with Gasteiger partial charge >= 0.3 is 5.97 Å². The van der Waals surface area contributed by atoms with Crippen LogP contribution in [0.25, 0.3) is 6.08 Å². The van der Waals surface area contributed by atoms with Gasteiger partial charge in [-0.2, -0.15) is 0 Å². The van der Waals surface area contributed by atoms with E-state index in [-0.39, 0.29) is 5.04 Å². The van der Waals surface area contributed by atoms with Crippen molar-refractivity contribution in [2.45, 2.75) is 61.9 Å². The minimum absolute atomic E-state index is 0.00660. The number of pyridine rings is 1. The Morgan fingerprint density at radius 2 is 1.92 bits per heavy atom. The Balaban J connectivity index is 1.79. The number of carbonyl (C=O) groups is 1. The van der Waals surface area contributed by atoms with Gasteiger partial charge in [0.2, 0.25) is 0 Å². The minimum Gasteiger partial charge on any atom is -0.463 e. The Labute approximate surface area is 236 Å². The predicted octanol–water partition coefficient (Wildman–Crippen LogP) is 6.77. The van der Waals surface area contributed by atoms with Gasteiger partial charge in [0, 0.05) is 30.5 Å². The van der Waals surface area contributed by atoms with E-state index in [4.69, 9.17) is 18.9 Å². The fourth-order valence-corrected chi connectivity index (χ4v) is 6.06. The molecule has 0 aliphatic carbocycles. The lowest BCUT2D eigenvalue weighted by atomic mass is 10.0. The summed E-state index contributed by atoms with van der Waals surface area (Å²) in [5, 5.41) is 0.833. The van der Waals surface area contributed by atoms with E-state index in [9.17, 15) is 4.79 Å². The van der Waals surface area contributed by atoms with Gasteiger partial charge in [0.1, 0.15) is 17.9 Å². The Morgan fingerprint density at radius 3 is 2.64 bits per heavy atom. The number of methoxy groups -OCH3 is 1. The van der Waals surface area contributed by atoms with Crippen molar-refractivity contribution in [3.8, 4) is 0 Å². The van der Waals surface area contributed by atoms with Crippen LogP contribution >= 0.6 is 11.8 Å². The van der Waals surface area contributed by atoms with Crippen molar-refractivity contribution in [2.75, 3.05) is 25.3 Å². The third kappa shape index (κ3) is 6.58. The van der Waals surface area contributed by atoms with Gasteiger partial charge in [-0.05, 0) is 61.0 Å². The number of nitrogens with zero attached hydrogens (tertiary/aromatic N) is 4. The maximum absolute atomic E-state index is 11.9. The summed E-state index contributed by atoms with van der Waals surface area (Å²) in [7, 11) is -0.551. The minimum atomic E-state index is -2.22. The Hall–Kier alpha value is -3.05. The van der Waals surface area contributed by atoms with Crippen molar-refractivity contribution in [1.82, 2.24) is 15.0 Å². The lowest BCUT2D eigenvalue weighted by molar-refractivity contribution is -0.137. The zero-order valence-electron chi connectivity index (χ0n) is 23.6. The van der Waals surface area contributed by atoms with Crippen molar-refractivity contribution in [2.24, 2.45) is 0 Å². The number of hydrogen-bond donors (Lipinski definition) is 0. The maximum Gasteiger partial charge on any atom is 0.330 e. The van der Waals surface area contributed by atoms with Crippen molar-refractivity contribution >= 4 is 43.6 Å². The Kier molecular flexibility index (Phi) is 8.90. The van der Waals surface area contributed by atoms with Crippen molar-refractivity contribution in [1.29, 1.82) is 0 Å². The molecule has 1 aliphatic heterocycles. The van der Waals surface area contributed by atoms with Crippen LogP contribution in [0.5, 0.6) is 0 Å². The highest BCUT2D eigenvalue weighted by Crippen LogP contribution is 2.48. The fourth-order valence-electron chi connectivity index (χ4n) is 3.87. The molecule has 3 heterocycles. The first kappa shape index (κ1) is 28.9. The molecule has 0 saturated heterocycles. The zero-order valence-corrected chi connectivity index (χ0v) is 25.4. The SMILES string of the molecule is CCOC(=O)C=Cc1cccc(C(O[Si](C)(C)C(C)(C)C)c2ccc3c(c2)N(COC)c2nccnc2S3)n1. The second-order valence-corrected chi connectivity index (χ2v) is 16.5. The third-order valence-electron chi connectivity index (χ3n) is 6.90. The summed E-state index contributed by atoms with van der Waals surface area (Å²) in [6.45, 7) is 13.6. The van der Waals surface area contributed by atoms with E-state index in [0.29, 0.717) is 19.0 Å². The van der Waals surface area contributed by atoms with Crippen LogP contribution in [0.1, 0.15) is 50.8 Å². The number of hydrogen-bond acceptors (Lipinski definition) is 9. The predicted molar refractivity (Wildman–Crippen MR) is 157 cm³/mol. The molecule has 2 aromatic heterocycles. The standard InChI is InChI=1S/C29H36N4O4SSi/c1-8-36-25(34)15-13-21-10-9-11-22(32-21)26(37-39(6,7)29(2,3)4)20-12-14-24-23(18-20)33(19-35-5)27-28(38-24)31-17-16-30-27/h9-18,26H,8,19H2,1-7H3. The molecule has 1 aromatic carbocycles. The third-order valence-corrected chi connectivity index (χ3v) is 12.4. The molecule has 0 saturated carbocycles. The first-order chi connectivity index (χ1) is 18.5. The van der Waals surface area contributed by atoms with Gasteiger partial charge in [-0.1, -0.05) is 44.7 Å². The number of rotatable bonds is 9.